The summed E-state index contributed by atoms with van der Waals surface area (Å²) in [6.45, 7) is 0.687. The molecule has 1 aliphatic rings. The highest BCUT2D eigenvalue weighted by Crippen LogP contribution is 2.28. The molecule has 1 atom stereocenters. The van der Waals surface area contributed by atoms with E-state index >= 15 is 0 Å². The SMILES string of the molecule is NCc1cc(F)cc(-c2cc(C(=O)N3CNC(C=O)C3)nn2-c2cccc(Cl)c2)c1. The topological polar surface area (TPSA) is 93.2 Å². The molecule has 0 bridgehead atoms. The summed E-state index contributed by atoms with van der Waals surface area (Å²) < 4.78 is 15.7. The first-order chi connectivity index (χ1) is 14.5. The van der Waals surface area contributed by atoms with E-state index in [1.807, 2.05) is 0 Å². The number of nitrogens with zero attached hydrogens (tertiary/aromatic N) is 3. The minimum absolute atomic E-state index is 0.175. The number of aromatic nitrogens is 2. The van der Waals surface area contributed by atoms with Crippen LogP contribution in [0.25, 0.3) is 16.9 Å². The van der Waals surface area contributed by atoms with Gasteiger partial charge in [0.05, 0.1) is 24.1 Å². The van der Waals surface area contributed by atoms with E-state index in [0.717, 1.165) is 6.29 Å². The van der Waals surface area contributed by atoms with Crippen LogP contribution in [0.3, 0.4) is 0 Å². The molecule has 1 unspecified atom stereocenters. The number of aldehydes is 1. The second-order valence-corrected chi connectivity index (χ2v) is 7.43. The van der Waals surface area contributed by atoms with Gasteiger partial charge in [0.1, 0.15) is 12.1 Å². The van der Waals surface area contributed by atoms with Gasteiger partial charge >= 0.3 is 0 Å². The van der Waals surface area contributed by atoms with E-state index in [4.69, 9.17) is 17.3 Å². The molecule has 0 saturated carbocycles. The number of carbonyl (C=O) groups is 2. The van der Waals surface area contributed by atoms with Gasteiger partial charge in [-0.25, -0.2) is 9.07 Å². The molecule has 2 heterocycles. The quantitative estimate of drug-likeness (QED) is 0.610. The predicted octanol–water partition coefficient (Wildman–Crippen LogP) is 2.36. The van der Waals surface area contributed by atoms with Crippen LogP contribution in [0.15, 0.2) is 48.5 Å². The summed E-state index contributed by atoms with van der Waals surface area (Å²) in [5.74, 6) is -0.762. The first kappa shape index (κ1) is 20.2. The molecule has 30 heavy (non-hydrogen) atoms. The van der Waals surface area contributed by atoms with Crippen LogP contribution >= 0.6 is 11.6 Å². The Balaban J connectivity index is 1.81. The Morgan fingerprint density at radius 2 is 2.13 bits per heavy atom. The predicted molar refractivity (Wildman–Crippen MR) is 111 cm³/mol. The average Bonchev–Trinajstić information content (AvgIpc) is 3.40. The van der Waals surface area contributed by atoms with Crippen molar-refractivity contribution in [3.05, 3.63) is 70.6 Å². The molecular formula is C21H19ClFN5O2. The summed E-state index contributed by atoms with van der Waals surface area (Å²) in [5, 5.41) is 7.92. The van der Waals surface area contributed by atoms with Gasteiger partial charge in [0, 0.05) is 23.7 Å². The van der Waals surface area contributed by atoms with Gasteiger partial charge in [-0.2, -0.15) is 5.10 Å². The van der Waals surface area contributed by atoms with Crippen molar-refractivity contribution in [2.75, 3.05) is 13.2 Å². The average molecular weight is 428 g/mol. The third kappa shape index (κ3) is 3.97. The van der Waals surface area contributed by atoms with Crippen molar-refractivity contribution in [1.29, 1.82) is 0 Å². The Kier molecular flexibility index (Phi) is 5.63. The van der Waals surface area contributed by atoms with Crippen LogP contribution < -0.4 is 11.1 Å². The molecule has 9 heteroatoms. The molecule has 0 spiro atoms. The molecule has 7 nitrogen and oxygen atoms in total. The molecule has 1 amide bonds. The molecule has 3 N–H and O–H groups in total. The Morgan fingerprint density at radius 3 is 2.83 bits per heavy atom. The second kappa shape index (κ2) is 8.35. The second-order valence-electron chi connectivity index (χ2n) is 6.99. The van der Waals surface area contributed by atoms with Gasteiger partial charge < -0.3 is 15.4 Å². The zero-order valence-electron chi connectivity index (χ0n) is 15.9. The van der Waals surface area contributed by atoms with Gasteiger partial charge in [-0.15, -0.1) is 0 Å². The maximum Gasteiger partial charge on any atom is 0.275 e. The molecule has 1 saturated heterocycles. The standard InChI is InChI=1S/C21H19ClFN5O2/c22-15-2-1-3-18(7-15)28-20(14-4-13(9-24)5-16(23)6-14)8-19(26-28)21(30)27-10-17(11-29)25-12-27/h1-8,11,17,25H,9-10,12,24H2. The van der Waals surface area contributed by atoms with Crippen LogP contribution in [0, 0.1) is 5.82 Å². The van der Waals surface area contributed by atoms with Gasteiger partial charge in [0.15, 0.2) is 5.69 Å². The third-order valence-electron chi connectivity index (χ3n) is 4.88. The number of halogens is 2. The van der Waals surface area contributed by atoms with Gasteiger partial charge in [-0.1, -0.05) is 17.7 Å². The van der Waals surface area contributed by atoms with Gasteiger partial charge in [-0.05, 0) is 48.0 Å². The molecule has 4 rings (SSSR count). The molecule has 1 fully saturated rings. The van der Waals surface area contributed by atoms with Crippen LogP contribution in [0.2, 0.25) is 5.02 Å². The van der Waals surface area contributed by atoms with Gasteiger partial charge in [0.25, 0.3) is 5.91 Å². The van der Waals surface area contributed by atoms with Crippen molar-refractivity contribution < 1.29 is 14.0 Å². The monoisotopic (exact) mass is 427 g/mol. The minimum Gasteiger partial charge on any atom is -0.326 e. The van der Waals surface area contributed by atoms with Crippen molar-refractivity contribution >= 4 is 23.8 Å². The van der Waals surface area contributed by atoms with E-state index in [1.54, 1.807) is 41.1 Å². The third-order valence-corrected chi connectivity index (χ3v) is 5.12. The largest absolute Gasteiger partial charge is 0.326 e. The number of hydrogen-bond donors (Lipinski definition) is 2. The van der Waals surface area contributed by atoms with Crippen molar-refractivity contribution in [2.45, 2.75) is 12.6 Å². The number of amides is 1. The lowest BCUT2D eigenvalue weighted by atomic mass is 10.1. The minimum atomic E-state index is -0.433. The van der Waals surface area contributed by atoms with Crippen LogP contribution in [-0.2, 0) is 11.3 Å². The van der Waals surface area contributed by atoms with E-state index in [0.29, 0.717) is 27.5 Å². The maximum absolute atomic E-state index is 14.2. The highest BCUT2D eigenvalue weighted by molar-refractivity contribution is 6.30. The summed E-state index contributed by atoms with van der Waals surface area (Å²) in [6, 6.07) is 12.7. The van der Waals surface area contributed by atoms with Crippen LogP contribution in [0.1, 0.15) is 16.1 Å². The van der Waals surface area contributed by atoms with Crippen LogP contribution in [0.4, 0.5) is 4.39 Å². The highest BCUT2D eigenvalue weighted by Gasteiger charge is 2.28. The first-order valence-electron chi connectivity index (χ1n) is 9.32. The highest BCUT2D eigenvalue weighted by atomic mass is 35.5. The summed E-state index contributed by atoms with van der Waals surface area (Å²) in [4.78, 5) is 25.5. The molecule has 1 aliphatic heterocycles. The Hall–Kier alpha value is -3.07. The zero-order chi connectivity index (χ0) is 21.3. The smallest absolute Gasteiger partial charge is 0.275 e. The fourth-order valence-corrected chi connectivity index (χ4v) is 3.60. The fourth-order valence-electron chi connectivity index (χ4n) is 3.41. The van der Waals surface area contributed by atoms with Gasteiger partial charge in [-0.3, -0.25) is 10.1 Å². The lowest BCUT2D eigenvalue weighted by molar-refractivity contribution is -0.109. The van der Waals surface area contributed by atoms with Crippen molar-refractivity contribution in [3.63, 3.8) is 0 Å². The number of hydrogen-bond acceptors (Lipinski definition) is 5. The lowest BCUT2D eigenvalue weighted by Crippen LogP contribution is -2.30. The molecule has 2 aromatic carbocycles. The number of nitrogens with two attached hydrogens (primary N) is 1. The fraction of sp³-hybridized carbons (Fsp3) is 0.190. The molecule has 3 aromatic rings. The summed E-state index contributed by atoms with van der Waals surface area (Å²) in [6.07, 6.45) is 0.768. The Morgan fingerprint density at radius 1 is 1.30 bits per heavy atom. The normalized spacial score (nSPS) is 16.1. The number of carbonyl (C=O) groups excluding carboxylic acids is 2. The van der Waals surface area contributed by atoms with Gasteiger partial charge in [0.2, 0.25) is 0 Å². The molecule has 0 aliphatic carbocycles. The number of rotatable bonds is 5. The molecule has 0 radical (unpaired) electrons. The van der Waals surface area contributed by atoms with E-state index in [9.17, 15) is 14.0 Å². The van der Waals surface area contributed by atoms with Crippen LogP contribution in [-0.4, -0.2) is 46.1 Å². The van der Waals surface area contributed by atoms with Crippen molar-refractivity contribution in [3.8, 4) is 16.9 Å². The lowest BCUT2D eigenvalue weighted by Gasteiger charge is -2.12. The number of nitrogens with one attached hydrogen (secondary N) is 1. The molecular weight excluding hydrogens is 409 g/mol. The summed E-state index contributed by atoms with van der Waals surface area (Å²) >= 11 is 6.14. The van der Waals surface area contributed by atoms with Crippen molar-refractivity contribution in [1.82, 2.24) is 20.0 Å². The van der Waals surface area contributed by atoms with E-state index in [2.05, 4.69) is 10.4 Å². The van der Waals surface area contributed by atoms with E-state index < -0.39 is 11.9 Å². The zero-order valence-corrected chi connectivity index (χ0v) is 16.6. The van der Waals surface area contributed by atoms with E-state index in [-0.39, 0.29) is 31.4 Å². The molecule has 154 valence electrons. The molecule has 1 aromatic heterocycles. The Bertz CT molecular complexity index is 1120. The maximum atomic E-state index is 14.2. The Labute approximate surface area is 177 Å². The van der Waals surface area contributed by atoms with E-state index in [1.165, 1.54) is 17.0 Å². The first-order valence-corrected chi connectivity index (χ1v) is 9.70. The van der Waals surface area contributed by atoms with Crippen LogP contribution in [0.5, 0.6) is 0 Å². The summed E-state index contributed by atoms with van der Waals surface area (Å²) in [5.41, 5.74) is 8.17. The number of benzene rings is 2. The summed E-state index contributed by atoms with van der Waals surface area (Å²) in [7, 11) is 0. The van der Waals surface area contributed by atoms with Crippen molar-refractivity contribution in [2.24, 2.45) is 5.73 Å².